The largest absolute Gasteiger partial charge is 0.0856 e. The summed E-state index contributed by atoms with van der Waals surface area (Å²) in [5.74, 6) is 4.27. The molecule has 4 fully saturated rings. The van der Waals surface area contributed by atoms with Crippen LogP contribution in [0.4, 0.5) is 0 Å². The van der Waals surface area contributed by atoms with Gasteiger partial charge in [-0.1, -0.05) is 59.6 Å². The highest BCUT2D eigenvalue weighted by molar-refractivity contribution is 7.01. The molecule has 24 heavy (non-hydrogen) atoms. The van der Waals surface area contributed by atoms with Gasteiger partial charge in [-0.25, -0.2) is 0 Å². The Morgan fingerprint density at radius 1 is 0.875 bits per heavy atom. The molecule has 0 heterocycles. The van der Waals surface area contributed by atoms with Crippen LogP contribution in [0, 0.1) is 39.9 Å². The monoisotopic (exact) mass is 324 g/mol. The van der Waals surface area contributed by atoms with E-state index in [1.165, 1.54) is 19.2 Å². The second-order valence-corrected chi connectivity index (χ2v) is 12.2. The van der Waals surface area contributed by atoms with Crippen molar-refractivity contribution in [3.63, 3.8) is 0 Å². The summed E-state index contributed by atoms with van der Waals surface area (Å²) in [6.07, 6.45) is 12.2. The quantitative estimate of drug-likeness (QED) is 0.527. The molecule has 4 aliphatic carbocycles. The Morgan fingerprint density at radius 2 is 1.58 bits per heavy atom. The van der Waals surface area contributed by atoms with E-state index in [0.29, 0.717) is 10.7 Å². The maximum atomic E-state index is 2.50. The van der Waals surface area contributed by atoms with Crippen LogP contribution in [0.2, 0.25) is 11.6 Å². The highest BCUT2D eigenvalue weighted by Gasteiger charge is 2.69. The molecule has 2 heteroatoms. The highest BCUT2D eigenvalue weighted by Crippen LogP contribution is 2.77. The SMILES string of the molecule is CC(C)(C)[B][B]CC1CCC2(CC3CCC4(C(C)(C)C)CC34)CC12. The van der Waals surface area contributed by atoms with E-state index >= 15 is 0 Å². The summed E-state index contributed by atoms with van der Waals surface area (Å²) >= 11 is 0. The zero-order chi connectivity index (χ0) is 17.4. The zero-order valence-electron chi connectivity index (χ0n) is 17.1. The zero-order valence-corrected chi connectivity index (χ0v) is 17.1. The van der Waals surface area contributed by atoms with Crippen molar-refractivity contribution in [3.8, 4) is 0 Å². The van der Waals surface area contributed by atoms with Gasteiger partial charge in [0.25, 0.3) is 0 Å². The first-order valence-corrected chi connectivity index (χ1v) is 10.7. The average molecular weight is 324 g/mol. The Kier molecular flexibility index (Phi) is 3.89. The van der Waals surface area contributed by atoms with Gasteiger partial charge in [0.2, 0.25) is 0 Å². The third kappa shape index (κ3) is 2.83. The predicted octanol–water partition coefficient (Wildman–Crippen LogP) is 6.22. The molecule has 0 aromatic rings. The maximum Gasteiger partial charge on any atom is 0.0727 e. The second kappa shape index (κ2) is 5.32. The first kappa shape index (κ1) is 17.5. The molecule has 4 saturated carbocycles. The Bertz CT molecular complexity index is 499. The Balaban J connectivity index is 1.28. The van der Waals surface area contributed by atoms with Crippen LogP contribution in [0.25, 0.3) is 0 Å². The normalized spacial score (nSPS) is 46.4. The third-order valence-corrected chi connectivity index (χ3v) is 8.72. The van der Waals surface area contributed by atoms with Gasteiger partial charge in [-0.05, 0) is 78.4 Å². The molecule has 132 valence electrons. The van der Waals surface area contributed by atoms with E-state index in [9.17, 15) is 0 Å². The molecular weight excluding hydrogens is 286 g/mol. The summed E-state index contributed by atoms with van der Waals surface area (Å²) < 4.78 is 0. The lowest BCUT2D eigenvalue weighted by atomic mass is 9.28. The van der Waals surface area contributed by atoms with E-state index in [1.54, 1.807) is 32.1 Å². The standard InChI is InChI=1S/C22H38B2/c1-19(2,3)22-10-8-15(18(22)13-22)11-21-9-7-16(17(21)12-21)14-23-24-20(4,5)6/h15-18H,7-14H2,1-6H3. The van der Waals surface area contributed by atoms with Gasteiger partial charge in [0, 0.05) is 0 Å². The maximum absolute atomic E-state index is 2.50. The van der Waals surface area contributed by atoms with Crippen LogP contribution >= 0.6 is 0 Å². The summed E-state index contributed by atoms with van der Waals surface area (Å²) in [4.78, 5) is 0. The molecule has 2 radical (unpaired) electrons. The fourth-order valence-electron chi connectivity index (χ4n) is 7.11. The first-order chi connectivity index (χ1) is 11.1. The van der Waals surface area contributed by atoms with Crippen molar-refractivity contribution in [1.82, 2.24) is 0 Å². The van der Waals surface area contributed by atoms with E-state index in [1.807, 2.05) is 0 Å². The van der Waals surface area contributed by atoms with Crippen molar-refractivity contribution in [2.75, 3.05) is 0 Å². The fourth-order valence-corrected chi connectivity index (χ4v) is 7.11. The second-order valence-electron chi connectivity index (χ2n) is 12.2. The first-order valence-electron chi connectivity index (χ1n) is 10.7. The molecule has 0 spiro atoms. The minimum Gasteiger partial charge on any atom is -0.0856 e. The molecule has 6 unspecified atom stereocenters. The third-order valence-electron chi connectivity index (χ3n) is 8.72. The molecule has 0 aromatic carbocycles. The lowest BCUT2D eigenvalue weighted by molar-refractivity contribution is 0.200. The minimum absolute atomic E-state index is 0.353. The topological polar surface area (TPSA) is 0 Å². The molecule has 6 atom stereocenters. The molecule has 4 rings (SSSR count). The average Bonchev–Trinajstić information content (AvgIpc) is 3.28. The summed E-state index contributed by atoms with van der Waals surface area (Å²) in [6.45, 7) is 14.5. The molecule has 4 aliphatic rings. The van der Waals surface area contributed by atoms with Crippen LogP contribution in [0.5, 0.6) is 0 Å². The van der Waals surface area contributed by atoms with Gasteiger partial charge in [0.05, 0.1) is 14.3 Å². The predicted molar refractivity (Wildman–Crippen MR) is 107 cm³/mol. The molecule has 0 amide bonds. The van der Waals surface area contributed by atoms with E-state index < -0.39 is 0 Å². The van der Waals surface area contributed by atoms with Gasteiger partial charge in [-0.3, -0.25) is 0 Å². The van der Waals surface area contributed by atoms with Gasteiger partial charge in [0.15, 0.2) is 0 Å². The van der Waals surface area contributed by atoms with Crippen LogP contribution in [0.1, 0.15) is 86.5 Å². The highest BCUT2D eigenvalue weighted by atomic mass is 14.7. The van der Waals surface area contributed by atoms with E-state index in [0.717, 1.165) is 34.5 Å². The van der Waals surface area contributed by atoms with Crippen molar-refractivity contribution in [2.24, 2.45) is 39.9 Å². The smallest absolute Gasteiger partial charge is 0.0727 e. The van der Waals surface area contributed by atoms with Crippen LogP contribution in [-0.4, -0.2) is 14.3 Å². The lowest BCUT2D eigenvalue weighted by Crippen LogP contribution is -2.21. The molecule has 0 nitrogen and oxygen atoms in total. The van der Waals surface area contributed by atoms with Gasteiger partial charge >= 0.3 is 0 Å². The van der Waals surface area contributed by atoms with Crippen molar-refractivity contribution < 1.29 is 0 Å². The van der Waals surface area contributed by atoms with Gasteiger partial charge in [-0.15, -0.1) is 0 Å². The van der Waals surface area contributed by atoms with Gasteiger partial charge in [0.1, 0.15) is 0 Å². The summed E-state index contributed by atoms with van der Waals surface area (Å²) in [5, 5.41) is 0.353. The number of hydrogen-bond donors (Lipinski definition) is 0. The van der Waals surface area contributed by atoms with E-state index in [-0.39, 0.29) is 0 Å². The Labute approximate surface area is 152 Å². The minimum atomic E-state index is 0.353. The Morgan fingerprint density at radius 3 is 2.12 bits per heavy atom. The van der Waals surface area contributed by atoms with Crippen LogP contribution in [0.15, 0.2) is 0 Å². The fraction of sp³-hybridized carbons (Fsp3) is 1.00. The molecule has 0 saturated heterocycles. The van der Waals surface area contributed by atoms with Crippen molar-refractivity contribution in [2.45, 2.75) is 98.1 Å². The molecule has 0 aliphatic heterocycles. The summed E-state index contributed by atoms with van der Waals surface area (Å²) in [7, 11) is 4.94. The van der Waals surface area contributed by atoms with E-state index in [4.69, 9.17) is 0 Å². The van der Waals surface area contributed by atoms with E-state index in [2.05, 4.69) is 55.9 Å². The van der Waals surface area contributed by atoms with Crippen molar-refractivity contribution in [1.29, 1.82) is 0 Å². The number of hydrogen-bond acceptors (Lipinski definition) is 0. The Hall–Kier alpha value is 0.130. The van der Waals surface area contributed by atoms with Crippen LogP contribution < -0.4 is 0 Å². The van der Waals surface area contributed by atoms with Gasteiger partial charge < -0.3 is 0 Å². The number of rotatable bonds is 5. The molecule has 0 N–H and O–H groups in total. The van der Waals surface area contributed by atoms with Gasteiger partial charge in [-0.2, -0.15) is 0 Å². The lowest BCUT2D eigenvalue weighted by Gasteiger charge is -2.29. The molecule has 0 bridgehead atoms. The summed E-state index contributed by atoms with van der Waals surface area (Å²) in [6, 6.07) is 0. The van der Waals surface area contributed by atoms with Crippen LogP contribution in [0.3, 0.4) is 0 Å². The number of fused-ring (bicyclic) bond motifs is 2. The van der Waals surface area contributed by atoms with Crippen molar-refractivity contribution >= 4 is 14.3 Å². The summed E-state index contributed by atoms with van der Waals surface area (Å²) in [5.41, 5.74) is 2.09. The van der Waals surface area contributed by atoms with Crippen LogP contribution in [-0.2, 0) is 0 Å². The molecule has 0 aromatic heterocycles. The van der Waals surface area contributed by atoms with Crippen molar-refractivity contribution in [3.05, 3.63) is 0 Å². The molecular formula is C22H38B2.